The Hall–Kier alpha value is -1.37. The van der Waals surface area contributed by atoms with Crippen molar-refractivity contribution < 1.29 is 9.53 Å². The molecule has 6 nitrogen and oxygen atoms in total. The zero-order valence-electron chi connectivity index (χ0n) is 16.6. The minimum atomic E-state index is -0.198. The SMILES string of the molecule is CC(C)OC(=O)N1[C@H](C(C)C)CC(Nc2ncc(Br)cn2)C[C@H]1C(C)C. The van der Waals surface area contributed by atoms with E-state index >= 15 is 0 Å². The van der Waals surface area contributed by atoms with Gasteiger partial charge in [-0.3, -0.25) is 0 Å². The molecule has 0 spiro atoms. The number of nitrogens with zero attached hydrogens (tertiary/aromatic N) is 3. The molecular weight excluding hydrogens is 396 g/mol. The second-order valence-corrected chi connectivity index (χ2v) is 8.92. The molecule has 0 radical (unpaired) electrons. The fraction of sp³-hybridized carbons (Fsp3) is 0.737. The maximum atomic E-state index is 12.8. The zero-order valence-corrected chi connectivity index (χ0v) is 18.2. The van der Waals surface area contributed by atoms with Crippen molar-refractivity contribution in [2.24, 2.45) is 11.8 Å². The molecule has 2 heterocycles. The molecule has 1 aliphatic heterocycles. The van der Waals surface area contributed by atoms with Crippen molar-refractivity contribution in [1.29, 1.82) is 0 Å². The van der Waals surface area contributed by atoms with Gasteiger partial charge in [0.15, 0.2) is 0 Å². The summed E-state index contributed by atoms with van der Waals surface area (Å²) in [5.74, 6) is 1.30. The van der Waals surface area contributed by atoms with Gasteiger partial charge in [0.2, 0.25) is 5.95 Å². The number of carbonyl (C=O) groups excluding carboxylic acids is 1. The summed E-state index contributed by atoms with van der Waals surface area (Å²) in [6, 6.07) is 0.463. The highest BCUT2D eigenvalue weighted by Crippen LogP contribution is 2.33. The molecular formula is C19H31BrN4O2. The van der Waals surface area contributed by atoms with Gasteiger partial charge in [0.25, 0.3) is 0 Å². The van der Waals surface area contributed by atoms with Crippen molar-refractivity contribution in [1.82, 2.24) is 14.9 Å². The molecule has 146 valence electrons. The molecule has 1 aromatic heterocycles. The highest BCUT2D eigenvalue weighted by atomic mass is 79.9. The molecule has 0 aliphatic carbocycles. The van der Waals surface area contributed by atoms with Crippen LogP contribution in [0.4, 0.5) is 10.7 Å². The monoisotopic (exact) mass is 426 g/mol. The van der Waals surface area contributed by atoms with E-state index in [0.717, 1.165) is 17.3 Å². The third-order valence-corrected chi connectivity index (χ3v) is 5.22. The van der Waals surface area contributed by atoms with Crippen molar-refractivity contribution in [2.45, 2.75) is 78.6 Å². The normalized spacial score (nSPS) is 23.6. The smallest absolute Gasteiger partial charge is 0.410 e. The summed E-state index contributed by atoms with van der Waals surface area (Å²) in [5.41, 5.74) is 0. The van der Waals surface area contributed by atoms with E-state index < -0.39 is 0 Å². The van der Waals surface area contributed by atoms with Crippen LogP contribution in [0.2, 0.25) is 0 Å². The lowest BCUT2D eigenvalue weighted by Crippen LogP contribution is -2.58. The van der Waals surface area contributed by atoms with Crippen molar-refractivity contribution in [3.05, 3.63) is 16.9 Å². The van der Waals surface area contributed by atoms with Gasteiger partial charge >= 0.3 is 6.09 Å². The molecule has 2 rings (SSSR count). The van der Waals surface area contributed by atoms with Crippen LogP contribution in [-0.2, 0) is 4.74 Å². The van der Waals surface area contributed by atoms with E-state index in [1.165, 1.54) is 0 Å². The Morgan fingerprint density at radius 2 is 1.62 bits per heavy atom. The van der Waals surface area contributed by atoms with Gasteiger partial charge in [0.1, 0.15) is 0 Å². The molecule has 1 aliphatic rings. The molecule has 0 unspecified atom stereocenters. The summed E-state index contributed by atoms with van der Waals surface area (Å²) < 4.78 is 6.41. The van der Waals surface area contributed by atoms with Crippen LogP contribution in [0, 0.1) is 11.8 Å². The Balaban J connectivity index is 2.21. The first-order valence-corrected chi connectivity index (χ1v) is 10.2. The lowest BCUT2D eigenvalue weighted by Gasteiger charge is -2.48. The Morgan fingerprint density at radius 3 is 2.04 bits per heavy atom. The second-order valence-electron chi connectivity index (χ2n) is 8.00. The van der Waals surface area contributed by atoms with E-state index in [-0.39, 0.29) is 30.3 Å². The highest BCUT2D eigenvalue weighted by molar-refractivity contribution is 9.10. The molecule has 0 bridgehead atoms. The third-order valence-electron chi connectivity index (χ3n) is 4.81. The van der Waals surface area contributed by atoms with E-state index in [2.05, 4.69) is 58.9 Å². The Labute approximate surface area is 165 Å². The van der Waals surface area contributed by atoms with Crippen LogP contribution in [0.1, 0.15) is 54.4 Å². The van der Waals surface area contributed by atoms with E-state index in [4.69, 9.17) is 4.74 Å². The van der Waals surface area contributed by atoms with Gasteiger partial charge in [-0.05, 0) is 54.5 Å². The predicted octanol–water partition coefficient (Wildman–Crippen LogP) is 4.71. The molecule has 2 atom stereocenters. The maximum Gasteiger partial charge on any atom is 0.410 e. The number of amides is 1. The molecule has 1 aromatic rings. The van der Waals surface area contributed by atoms with E-state index in [0.29, 0.717) is 17.8 Å². The number of rotatable bonds is 5. The van der Waals surface area contributed by atoms with Crippen LogP contribution in [-0.4, -0.2) is 45.2 Å². The molecule has 7 heteroatoms. The average Bonchev–Trinajstić information content (AvgIpc) is 2.55. The molecule has 1 fully saturated rings. The predicted molar refractivity (Wildman–Crippen MR) is 107 cm³/mol. The fourth-order valence-electron chi connectivity index (χ4n) is 3.56. The van der Waals surface area contributed by atoms with Gasteiger partial charge in [-0.2, -0.15) is 0 Å². The molecule has 0 saturated carbocycles. The van der Waals surface area contributed by atoms with Crippen molar-refractivity contribution in [3.63, 3.8) is 0 Å². The van der Waals surface area contributed by atoms with E-state index in [1.54, 1.807) is 12.4 Å². The Kier molecular flexibility index (Phi) is 7.26. The van der Waals surface area contributed by atoms with Crippen molar-refractivity contribution in [2.75, 3.05) is 5.32 Å². The number of nitrogens with one attached hydrogen (secondary N) is 1. The van der Waals surface area contributed by atoms with Gasteiger partial charge in [0.05, 0.1) is 10.6 Å². The first-order valence-electron chi connectivity index (χ1n) is 9.42. The van der Waals surface area contributed by atoms with Crippen LogP contribution in [0.25, 0.3) is 0 Å². The van der Waals surface area contributed by atoms with Gasteiger partial charge in [0, 0.05) is 30.5 Å². The molecule has 26 heavy (non-hydrogen) atoms. The summed E-state index contributed by atoms with van der Waals surface area (Å²) >= 11 is 3.36. The lowest BCUT2D eigenvalue weighted by atomic mass is 9.82. The number of anilines is 1. The molecule has 1 saturated heterocycles. The summed E-state index contributed by atoms with van der Waals surface area (Å²) in [7, 11) is 0. The Bertz CT molecular complexity index is 574. The number of ether oxygens (including phenoxy) is 1. The standard InChI is InChI=1S/C19H31BrN4O2/c1-11(2)16-7-15(23-18-21-9-14(20)10-22-18)8-17(12(3)4)24(16)19(25)26-13(5)6/h9-13,15-17H,7-8H2,1-6H3,(H,21,22,23)/t16-,17-/m0/s1. The summed E-state index contributed by atoms with van der Waals surface area (Å²) in [6.45, 7) is 12.4. The van der Waals surface area contributed by atoms with Crippen LogP contribution in [0.15, 0.2) is 16.9 Å². The lowest BCUT2D eigenvalue weighted by molar-refractivity contribution is 0.00326. The quantitative estimate of drug-likeness (QED) is 0.737. The minimum absolute atomic E-state index is 0.116. The molecule has 1 N–H and O–H groups in total. The Morgan fingerprint density at radius 1 is 1.12 bits per heavy atom. The summed E-state index contributed by atoms with van der Waals surface area (Å²) in [5, 5.41) is 3.46. The van der Waals surface area contributed by atoms with Gasteiger partial charge in [-0.25, -0.2) is 14.8 Å². The number of carbonyl (C=O) groups is 1. The number of piperidine rings is 1. The first-order chi connectivity index (χ1) is 12.2. The molecule has 1 amide bonds. The fourth-order valence-corrected chi connectivity index (χ4v) is 3.76. The molecule has 0 aromatic carbocycles. The van der Waals surface area contributed by atoms with Crippen LogP contribution in [0.3, 0.4) is 0 Å². The summed E-state index contributed by atoms with van der Waals surface area (Å²) in [6.07, 6.45) is 4.88. The van der Waals surface area contributed by atoms with E-state index in [1.807, 2.05) is 18.7 Å². The maximum absolute atomic E-state index is 12.8. The van der Waals surface area contributed by atoms with Crippen LogP contribution in [0.5, 0.6) is 0 Å². The first kappa shape index (κ1) is 20.9. The van der Waals surface area contributed by atoms with E-state index in [9.17, 15) is 4.79 Å². The zero-order chi connectivity index (χ0) is 19.4. The largest absolute Gasteiger partial charge is 0.447 e. The number of halogens is 1. The number of hydrogen-bond donors (Lipinski definition) is 1. The summed E-state index contributed by atoms with van der Waals surface area (Å²) in [4.78, 5) is 23.4. The second kappa shape index (κ2) is 9.02. The van der Waals surface area contributed by atoms with Crippen LogP contribution < -0.4 is 5.32 Å². The van der Waals surface area contributed by atoms with Gasteiger partial charge in [-0.1, -0.05) is 27.7 Å². The van der Waals surface area contributed by atoms with Crippen LogP contribution >= 0.6 is 15.9 Å². The highest BCUT2D eigenvalue weighted by Gasteiger charge is 2.42. The van der Waals surface area contributed by atoms with Gasteiger partial charge < -0.3 is 15.0 Å². The average molecular weight is 427 g/mol. The van der Waals surface area contributed by atoms with Gasteiger partial charge in [-0.15, -0.1) is 0 Å². The minimum Gasteiger partial charge on any atom is -0.447 e. The third kappa shape index (κ3) is 5.32. The number of aromatic nitrogens is 2. The van der Waals surface area contributed by atoms with Crippen molar-refractivity contribution >= 4 is 28.0 Å². The number of hydrogen-bond acceptors (Lipinski definition) is 5. The van der Waals surface area contributed by atoms with Crippen molar-refractivity contribution in [3.8, 4) is 0 Å². The number of likely N-dealkylation sites (tertiary alicyclic amines) is 1. The topological polar surface area (TPSA) is 67.3 Å².